The largest absolute Gasteiger partial charge is 0.388 e. The average Bonchev–Trinajstić information content (AvgIpc) is 2.71. The van der Waals surface area contributed by atoms with Crippen molar-refractivity contribution >= 4 is 5.69 Å². The molecule has 0 bridgehead atoms. The van der Waals surface area contributed by atoms with Crippen molar-refractivity contribution in [1.29, 1.82) is 0 Å². The summed E-state index contributed by atoms with van der Waals surface area (Å²) in [6.07, 6.45) is 3.69. The molecule has 0 saturated carbocycles. The molecule has 2 rings (SSSR count). The zero-order valence-corrected chi connectivity index (χ0v) is 7.44. The molecule has 0 saturated heterocycles. The molecule has 1 aromatic carbocycles. The molecule has 66 valence electrons. The molecule has 0 spiro atoms. The maximum absolute atomic E-state index is 4.14. The smallest absolute Gasteiger partial charge is 0.0647 e. The van der Waals surface area contributed by atoms with Gasteiger partial charge in [-0.15, -0.1) is 0 Å². The lowest BCUT2D eigenvalue weighted by molar-refractivity contribution is 0.881. The Balaban J connectivity index is 2.33. The summed E-state index contributed by atoms with van der Waals surface area (Å²) in [6.45, 7) is 0. The summed E-state index contributed by atoms with van der Waals surface area (Å²) in [5.74, 6) is 0. The molecule has 13 heavy (non-hydrogen) atoms. The van der Waals surface area contributed by atoms with Gasteiger partial charge in [0.2, 0.25) is 0 Å². The molecule has 1 heterocycles. The summed E-state index contributed by atoms with van der Waals surface area (Å²) in [7, 11) is 1.91. The second kappa shape index (κ2) is 3.31. The van der Waals surface area contributed by atoms with Crippen LogP contribution in [-0.2, 0) is 0 Å². The molecule has 0 amide bonds. The fourth-order valence-corrected chi connectivity index (χ4v) is 1.20. The number of hydrogen-bond donors (Lipinski definition) is 1. The van der Waals surface area contributed by atoms with Crippen LogP contribution < -0.4 is 5.32 Å². The van der Waals surface area contributed by atoms with Gasteiger partial charge in [0.1, 0.15) is 0 Å². The number of nitrogens with zero attached hydrogens (tertiary/aromatic N) is 2. The first kappa shape index (κ1) is 7.86. The van der Waals surface area contributed by atoms with E-state index >= 15 is 0 Å². The fraction of sp³-hybridized carbons (Fsp3) is 0.100. The van der Waals surface area contributed by atoms with Crippen molar-refractivity contribution < 1.29 is 0 Å². The highest BCUT2D eigenvalue weighted by Crippen LogP contribution is 2.11. The average molecular weight is 173 g/mol. The van der Waals surface area contributed by atoms with E-state index in [-0.39, 0.29) is 0 Å². The van der Waals surface area contributed by atoms with Crippen molar-refractivity contribution in [2.45, 2.75) is 0 Å². The first-order valence-electron chi connectivity index (χ1n) is 4.18. The van der Waals surface area contributed by atoms with Gasteiger partial charge in [0.15, 0.2) is 0 Å². The molecule has 0 radical (unpaired) electrons. The Labute approximate surface area is 77.0 Å². The fourth-order valence-electron chi connectivity index (χ4n) is 1.20. The summed E-state index contributed by atoms with van der Waals surface area (Å²) >= 11 is 0. The molecule has 3 nitrogen and oxygen atoms in total. The van der Waals surface area contributed by atoms with Gasteiger partial charge in [0, 0.05) is 25.1 Å². The minimum Gasteiger partial charge on any atom is -0.388 e. The molecule has 0 unspecified atom stereocenters. The normalized spacial score (nSPS) is 9.92. The van der Waals surface area contributed by atoms with Crippen LogP contribution in [0, 0.1) is 0 Å². The zero-order valence-electron chi connectivity index (χ0n) is 7.44. The molecule has 0 aliphatic heterocycles. The molecular weight excluding hydrogens is 162 g/mol. The van der Waals surface area contributed by atoms with Crippen molar-refractivity contribution in [3.8, 4) is 5.69 Å². The molecular formula is C10H11N3. The van der Waals surface area contributed by atoms with E-state index in [0.717, 1.165) is 11.4 Å². The van der Waals surface area contributed by atoms with Gasteiger partial charge >= 0.3 is 0 Å². The van der Waals surface area contributed by atoms with Crippen molar-refractivity contribution in [1.82, 2.24) is 9.78 Å². The minimum atomic E-state index is 1.07. The SMILES string of the molecule is CNc1ccc(-n2cccn2)cc1. The van der Waals surface area contributed by atoms with Crippen molar-refractivity contribution in [3.05, 3.63) is 42.7 Å². The monoisotopic (exact) mass is 173 g/mol. The van der Waals surface area contributed by atoms with E-state index in [1.54, 1.807) is 6.20 Å². The lowest BCUT2D eigenvalue weighted by Crippen LogP contribution is -1.94. The highest BCUT2D eigenvalue weighted by molar-refractivity contribution is 5.47. The molecule has 0 aliphatic rings. The van der Waals surface area contributed by atoms with Gasteiger partial charge in [0.05, 0.1) is 5.69 Å². The van der Waals surface area contributed by atoms with Gasteiger partial charge in [-0.1, -0.05) is 0 Å². The summed E-state index contributed by atoms with van der Waals surface area (Å²) in [4.78, 5) is 0. The van der Waals surface area contributed by atoms with Gasteiger partial charge in [-0.05, 0) is 30.3 Å². The third-order valence-electron chi connectivity index (χ3n) is 1.92. The van der Waals surface area contributed by atoms with Crippen molar-refractivity contribution in [2.75, 3.05) is 12.4 Å². The maximum atomic E-state index is 4.14. The molecule has 0 aliphatic carbocycles. The number of rotatable bonds is 2. The second-order valence-electron chi connectivity index (χ2n) is 2.75. The predicted octanol–water partition coefficient (Wildman–Crippen LogP) is 1.91. The lowest BCUT2D eigenvalue weighted by atomic mass is 10.3. The topological polar surface area (TPSA) is 29.9 Å². The van der Waals surface area contributed by atoms with Crippen LogP contribution >= 0.6 is 0 Å². The van der Waals surface area contributed by atoms with Crippen LogP contribution in [-0.4, -0.2) is 16.8 Å². The highest BCUT2D eigenvalue weighted by Gasteiger charge is 1.94. The molecule has 3 heteroatoms. The van der Waals surface area contributed by atoms with Gasteiger partial charge in [-0.2, -0.15) is 5.10 Å². The summed E-state index contributed by atoms with van der Waals surface area (Å²) in [5, 5.41) is 7.21. The zero-order chi connectivity index (χ0) is 9.10. The van der Waals surface area contributed by atoms with E-state index in [4.69, 9.17) is 0 Å². The summed E-state index contributed by atoms with van der Waals surface area (Å²) in [5.41, 5.74) is 2.18. The van der Waals surface area contributed by atoms with E-state index in [1.165, 1.54) is 0 Å². The Bertz CT molecular complexity index is 362. The molecule has 1 N–H and O–H groups in total. The van der Waals surface area contributed by atoms with Crippen molar-refractivity contribution in [3.63, 3.8) is 0 Å². The quantitative estimate of drug-likeness (QED) is 0.751. The number of hydrogen-bond acceptors (Lipinski definition) is 2. The van der Waals surface area contributed by atoms with Crippen LogP contribution in [0.2, 0.25) is 0 Å². The van der Waals surface area contributed by atoms with Gasteiger partial charge in [-0.25, -0.2) is 4.68 Å². The minimum absolute atomic E-state index is 1.07. The van der Waals surface area contributed by atoms with Crippen LogP contribution in [0.1, 0.15) is 0 Å². The van der Waals surface area contributed by atoms with Crippen LogP contribution in [0.5, 0.6) is 0 Å². The first-order chi connectivity index (χ1) is 6.40. The Kier molecular flexibility index (Phi) is 2.00. The van der Waals surface area contributed by atoms with E-state index in [9.17, 15) is 0 Å². The van der Waals surface area contributed by atoms with E-state index in [1.807, 2.05) is 48.3 Å². The molecule has 2 aromatic rings. The third-order valence-corrected chi connectivity index (χ3v) is 1.92. The van der Waals surface area contributed by atoms with Gasteiger partial charge in [-0.3, -0.25) is 0 Å². The number of aromatic nitrogens is 2. The predicted molar refractivity (Wildman–Crippen MR) is 53.1 cm³/mol. The number of benzene rings is 1. The van der Waals surface area contributed by atoms with Gasteiger partial charge in [0.25, 0.3) is 0 Å². The van der Waals surface area contributed by atoms with E-state index < -0.39 is 0 Å². The standard InChI is InChI=1S/C10H11N3/c1-11-9-3-5-10(6-4-9)13-8-2-7-12-13/h2-8,11H,1H3. The van der Waals surface area contributed by atoms with E-state index in [2.05, 4.69) is 10.4 Å². The van der Waals surface area contributed by atoms with Crippen molar-refractivity contribution in [2.24, 2.45) is 0 Å². The molecule has 0 fully saturated rings. The van der Waals surface area contributed by atoms with Crippen LogP contribution in [0.25, 0.3) is 5.69 Å². The lowest BCUT2D eigenvalue weighted by Gasteiger charge is -2.02. The van der Waals surface area contributed by atoms with Crippen LogP contribution in [0.4, 0.5) is 5.69 Å². The van der Waals surface area contributed by atoms with Gasteiger partial charge < -0.3 is 5.32 Å². The Hall–Kier alpha value is -1.77. The third kappa shape index (κ3) is 1.54. The van der Waals surface area contributed by atoms with Crippen LogP contribution in [0.3, 0.4) is 0 Å². The summed E-state index contributed by atoms with van der Waals surface area (Å²) in [6, 6.07) is 10.0. The Morgan fingerprint density at radius 3 is 2.54 bits per heavy atom. The Morgan fingerprint density at radius 2 is 2.00 bits per heavy atom. The maximum Gasteiger partial charge on any atom is 0.0647 e. The highest BCUT2D eigenvalue weighted by atomic mass is 15.3. The second-order valence-corrected chi connectivity index (χ2v) is 2.75. The molecule has 1 aromatic heterocycles. The van der Waals surface area contributed by atoms with E-state index in [0.29, 0.717) is 0 Å². The number of anilines is 1. The van der Waals surface area contributed by atoms with Crippen LogP contribution in [0.15, 0.2) is 42.7 Å². The first-order valence-corrected chi connectivity index (χ1v) is 4.18. The molecule has 0 atom stereocenters. The number of nitrogens with one attached hydrogen (secondary N) is 1. The summed E-state index contributed by atoms with van der Waals surface area (Å²) < 4.78 is 1.83. The Morgan fingerprint density at radius 1 is 1.23 bits per heavy atom.